The summed E-state index contributed by atoms with van der Waals surface area (Å²) in [5.41, 5.74) is 7.08. The second kappa shape index (κ2) is 7.45. The lowest BCUT2D eigenvalue weighted by Crippen LogP contribution is -2.45. The third kappa shape index (κ3) is 5.33. The Bertz CT molecular complexity index is 324. The van der Waals surface area contributed by atoms with Crippen LogP contribution in [-0.4, -0.2) is 18.0 Å². The summed E-state index contributed by atoms with van der Waals surface area (Å²) in [6.45, 7) is 4.12. The summed E-state index contributed by atoms with van der Waals surface area (Å²) in [5, 5.41) is 7.13. The molecular formula is C13H22N2OS. The molecule has 2 unspecified atom stereocenters. The largest absolute Gasteiger partial charge is 0.352 e. The van der Waals surface area contributed by atoms with Crippen LogP contribution in [0, 0.1) is 0 Å². The zero-order valence-corrected chi connectivity index (χ0v) is 11.4. The Morgan fingerprint density at radius 2 is 2.35 bits per heavy atom. The molecule has 1 aromatic heterocycles. The van der Waals surface area contributed by atoms with Crippen molar-refractivity contribution < 1.29 is 4.79 Å². The Hall–Kier alpha value is -0.870. The zero-order valence-electron chi connectivity index (χ0n) is 10.6. The Balaban J connectivity index is 2.30. The number of unbranched alkanes of at least 4 members (excludes halogenated alkanes) is 1. The first-order chi connectivity index (χ1) is 8.13. The number of hydrogen-bond donors (Lipinski definition) is 2. The number of hydrogen-bond acceptors (Lipinski definition) is 3. The number of nitrogens with two attached hydrogens (primary N) is 1. The molecule has 17 heavy (non-hydrogen) atoms. The summed E-state index contributed by atoms with van der Waals surface area (Å²) in [4.78, 5) is 11.8. The number of carbonyl (C=O) groups is 1. The van der Waals surface area contributed by atoms with Gasteiger partial charge in [-0.2, -0.15) is 11.3 Å². The molecule has 0 aliphatic heterocycles. The van der Waals surface area contributed by atoms with Gasteiger partial charge in [-0.3, -0.25) is 4.79 Å². The molecule has 1 aromatic rings. The average molecular weight is 254 g/mol. The molecule has 2 atom stereocenters. The number of thiophene rings is 1. The summed E-state index contributed by atoms with van der Waals surface area (Å²) in [7, 11) is 0. The van der Waals surface area contributed by atoms with Crippen LogP contribution in [0.4, 0.5) is 0 Å². The van der Waals surface area contributed by atoms with Gasteiger partial charge in [0.25, 0.3) is 0 Å². The van der Waals surface area contributed by atoms with Gasteiger partial charge in [-0.1, -0.05) is 19.8 Å². The summed E-state index contributed by atoms with van der Waals surface area (Å²) in [5.74, 6) is -0.0267. The smallest absolute Gasteiger partial charge is 0.237 e. The maximum absolute atomic E-state index is 11.8. The van der Waals surface area contributed by atoms with Crippen LogP contribution >= 0.6 is 11.3 Å². The number of carbonyl (C=O) groups excluding carboxylic acids is 1. The fraction of sp³-hybridized carbons (Fsp3) is 0.615. The number of rotatable bonds is 7. The summed E-state index contributed by atoms with van der Waals surface area (Å²) in [6.07, 6.45) is 3.72. The first kappa shape index (κ1) is 14.2. The first-order valence-corrected chi connectivity index (χ1v) is 7.14. The predicted octanol–water partition coefficient (Wildman–Crippen LogP) is 2.31. The van der Waals surface area contributed by atoms with Crippen molar-refractivity contribution in [3.05, 3.63) is 22.4 Å². The maximum Gasteiger partial charge on any atom is 0.237 e. The second-order valence-corrected chi connectivity index (χ2v) is 5.27. The van der Waals surface area contributed by atoms with E-state index < -0.39 is 0 Å². The van der Waals surface area contributed by atoms with Crippen LogP contribution in [0.3, 0.4) is 0 Å². The van der Waals surface area contributed by atoms with Crippen molar-refractivity contribution in [2.24, 2.45) is 5.73 Å². The highest BCUT2D eigenvalue weighted by Crippen LogP contribution is 2.08. The van der Waals surface area contributed by atoms with Crippen LogP contribution in [0.25, 0.3) is 0 Å². The van der Waals surface area contributed by atoms with Gasteiger partial charge in [-0.25, -0.2) is 0 Å². The molecule has 0 saturated carbocycles. The van der Waals surface area contributed by atoms with E-state index in [0.29, 0.717) is 0 Å². The third-order valence-electron chi connectivity index (χ3n) is 2.72. The van der Waals surface area contributed by atoms with Crippen molar-refractivity contribution in [1.29, 1.82) is 0 Å². The summed E-state index contributed by atoms with van der Waals surface area (Å²) >= 11 is 1.68. The van der Waals surface area contributed by atoms with Crippen molar-refractivity contribution >= 4 is 17.2 Å². The van der Waals surface area contributed by atoms with E-state index in [0.717, 1.165) is 25.7 Å². The molecule has 0 aliphatic carbocycles. The van der Waals surface area contributed by atoms with Crippen molar-refractivity contribution in [3.63, 3.8) is 0 Å². The number of nitrogens with one attached hydrogen (secondary N) is 1. The van der Waals surface area contributed by atoms with Gasteiger partial charge in [-0.05, 0) is 42.2 Å². The molecule has 3 N–H and O–H groups in total. The van der Waals surface area contributed by atoms with Gasteiger partial charge in [0, 0.05) is 6.04 Å². The molecule has 0 saturated heterocycles. The molecule has 4 heteroatoms. The van der Waals surface area contributed by atoms with E-state index in [2.05, 4.69) is 29.1 Å². The van der Waals surface area contributed by atoms with E-state index in [1.54, 1.807) is 11.3 Å². The van der Waals surface area contributed by atoms with Crippen molar-refractivity contribution in [2.45, 2.75) is 51.6 Å². The van der Waals surface area contributed by atoms with Crippen LogP contribution in [0.1, 0.15) is 38.7 Å². The Kier molecular flexibility index (Phi) is 6.22. The monoisotopic (exact) mass is 254 g/mol. The van der Waals surface area contributed by atoms with Gasteiger partial charge in [0.1, 0.15) is 0 Å². The van der Waals surface area contributed by atoms with Gasteiger partial charge < -0.3 is 11.1 Å². The minimum Gasteiger partial charge on any atom is -0.352 e. The molecule has 1 rings (SSSR count). The molecule has 0 aromatic carbocycles. The van der Waals surface area contributed by atoms with E-state index in [-0.39, 0.29) is 18.0 Å². The Morgan fingerprint density at radius 1 is 1.59 bits per heavy atom. The van der Waals surface area contributed by atoms with Gasteiger partial charge >= 0.3 is 0 Å². The highest BCUT2D eigenvalue weighted by molar-refractivity contribution is 7.07. The first-order valence-electron chi connectivity index (χ1n) is 6.20. The molecule has 0 bridgehead atoms. The van der Waals surface area contributed by atoms with Gasteiger partial charge in [0.15, 0.2) is 0 Å². The molecule has 1 heterocycles. The van der Waals surface area contributed by atoms with Gasteiger partial charge in [-0.15, -0.1) is 0 Å². The average Bonchev–Trinajstić information content (AvgIpc) is 2.78. The Morgan fingerprint density at radius 3 is 2.94 bits per heavy atom. The van der Waals surface area contributed by atoms with E-state index >= 15 is 0 Å². The van der Waals surface area contributed by atoms with E-state index in [1.165, 1.54) is 5.56 Å². The van der Waals surface area contributed by atoms with Crippen LogP contribution in [0.15, 0.2) is 16.8 Å². The van der Waals surface area contributed by atoms with Crippen LogP contribution in [-0.2, 0) is 11.2 Å². The topological polar surface area (TPSA) is 55.1 Å². The van der Waals surface area contributed by atoms with E-state index in [9.17, 15) is 4.79 Å². The molecule has 0 radical (unpaired) electrons. The van der Waals surface area contributed by atoms with Gasteiger partial charge in [0.05, 0.1) is 6.04 Å². The molecule has 0 fully saturated rings. The number of amides is 1. The summed E-state index contributed by atoms with van der Waals surface area (Å²) < 4.78 is 0. The van der Waals surface area contributed by atoms with Crippen molar-refractivity contribution in [2.75, 3.05) is 0 Å². The molecule has 96 valence electrons. The Labute approximate surface area is 107 Å². The SMILES string of the molecule is CCCCC(N)C(=O)NC(C)Cc1ccsc1. The quantitative estimate of drug-likeness (QED) is 0.784. The fourth-order valence-electron chi connectivity index (χ4n) is 1.72. The van der Waals surface area contributed by atoms with E-state index in [1.807, 2.05) is 6.92 Å². The van der Waals surface area contributed by atoms with Crippen LogP contribution in [0.5, 0.6) is 0 Å². The van der Waals surface area contributed by atoms with Crippen LogP contribution < -0.4 is 11.1 Å². The summed E-state index contributed by atoms with van der Waals surface area (Å²) in [6, 6.07) is 1.87. The molecule has 0 aliphatic rings. The molecule has 1 amide bonds. The van der Waals surface area contributed by atoms with Crippen molar-refractivity contribution in [3.8, 4) is 0 Å². The van der Waals surface area contributed by atoms with Crippen LogP contribution in [0.2, 0.25) is 0 Å². The maximum atomic E-state index is 11.8. The molecule has 0 spiro atoms. The van der Waals surface area contributed by atoms with Crippen molar-refractivity contribution in [1.82, 2.24) is 5.32 Å². The lowest BCUT2D eigenvalue weighted by atomic mass is 10.1. The minimum atomic E-state index is -0.361. The highest BCUT2D eigenvalue weighted by atomic mass is 32.1. The molecular weight excluding hydrogens is 232 g/mol. The predicted molar refractivity (Wildman–Crippen MR) is 73.1 cm³/mol. The third-order valence-corrected chi connectivity index (χ3v) is 3.45. The lowest BCUT2D eigenvalue weighted by molar-refractivity contribution is -0.123. The second-order valence-electron chi connectivity index (χ2n) is 4.49. The van der Waals surface area contributed by atoms with E-state index in [4.69, 9.17) is 5.73 Å². The van der Waals surface area contributed by atoms with Gasteiger partial charge in [0.2, 0.25) is 5.91 Å². The highest BCUT2D eigenvalue weighted by Gasteiger charge is 2.15. The lowest BCUT2D eigenvalue weighted by Gasteiger charge is -2.17. The fourth-order valence-corrected chi connectivity index (χ4v) is 2.40. The zero-order chi connectivity index (χ0) is 12.7. The standard InChI is InChI=1S/C13H22N2OS/c1-3-4-5-12(14)13(16)15-10(2)8-11-6-7-17-9-11/h6-7,9-10,12H,3-5,8,14H2,1-2H3,(H,15,16). The normalized spacial score (nSPS) is 14.3. The molecule has 3 nitrogen and oxygen atoms in total. The minimum absolute atomic E-state index is 0.0267.